The summed E-state index contributed by atoms with van der Waals surface area (Å²) >= 11 is 5.40. The van der Waals surface area contributed by atoms with Crippen molar-refractivity contribution in [3.63, 3.8) is 0 Å². The number of likely N-dealkylation sites (N-methyl/N-ethyl adjacent to an activating group) is 1. The molecule has 0 saturated carbocycles. The van der Waals surface area contributed by atoms with Gasteiger partial charge in [0.1, 0.15) is 5.82 Å². The fraction of sp³-hybridized carbons (Fsp3) is 0.312. The van der Waals surface area contributed by atoms with Gasteiger partial charge in [-0.3, -0.25) is 0 Å². The molecule has 1 aromatic heterocycles. The maximum atomic E-state index is 12.1. The Labute approximate surface area is 144 Å². The number of piperazine rings is 1. The van der Waals surface area contributed by atoms with E-state index in [-0.39, 0.29) is 11.5 Å². The molecule has 1 N–H and O–H groups in total. The predicted octanol–water partition coefficient (Wildman–Crippen LogP) is 2.41. The zero-order chi connectivity index (χ0) is 17.5. The third-order valence-corrected chi connectivity index (χ3v) is 3.72. The highest BCUT2D eigenvalue weighted by Crippen LogP contribution is 2.12. The van der Waals surface area contributed by atoms with Gasteiger partial charge in [-0.25, -0.2) is 9.18 Å². The van der Waals surface area contributed by atoms with Gasteiger partial charge in [0.2, 0.25) is 0 Å². The number of carboxylic acid groups (broad SMARTS) is 1. The topological polar surface area (TPSA) is 69.6 Å². The number of carbonyl (C=O) groups is 1. The van der Waals surface area contributed by atoms with Crippen LogP contribution in [0.2, 0.25) is 5.02 Å². The molecule has 1 aromatic carbocycles. The van der Waals surface area contributed by atoms with E-state index in [1.807, 2.05) is 0 Å². The molecule has 0 unspecified atom stereocenters. The molecule has 0 amide bonds. The Morgan fingerprint density at radius 3 is 2.33 bits per heavy atom. The first-order valence-corrected chi connectivity index (χ1v) is 7.75. The molecule has 24 heavy (non-hydrogen) atoms. The molecule has 2 heterocycles. The summed E-state index contributed by atoms with van der Waals surface area (Å²) in [6, 6.07) is 9.01. The number of hydrogen-bond donors (Lipinski definition) is 1. The third-order valence-electron chi connectivity index (χ3n) is 3.48. The van der Waals surface area contributed by atoms with E-state index >= 15 is 0 Å². The molecule has 8 heteroatoms. The van der Waals surface area contributed by atoms with Crippen molar-refractivity contribution < 1.29 is 14.3 Å². The van der Waals surface area contributed by atoms with E-state index in [9.17, 15) is 9.18 Å². The maximum Gasteiger partial charge on any atom is 0.356 e. The van der Waals surface area contributed by atoms with Crippen molar-refractivity contribution in [2.24, 2.45) is 0 Å². The van der Waals surface area contributed by atoms with Crippen molar-refractivity contribution >= 4 is 23.4 Å². The number of halogens is 2. The number of carboxylic acids is 1. The minimum Gasteiger partial charge on any atom is -0.476 e. The van der Waals surface area contributed by atoms with Gasteiger partial charge in [-0.1, -0.05) is 17.7 Å². The number of aromatic carboxylic acids is 1. The number of hydrogen-bond acceptors (Lipinski definition) is 5. The van der Waals surface area contributed by atoms with Crippen molar-refractivity contribution in [2.45, 2.75) is 0 Å². The summed E-state index contributed by atoms with van der Waals surface area (Å²) in [5.41, 5.74) is -0.0159. The molecule has 1 fully saturated rings. The highest BCUT2D eigenvalue weighted by atomic mass is 35.5. The number of rotatable bonds is 2. The third kappa shape index (κ3) is 5.43. The minimum absolute atomic E-state index is 0.0159. The van der Waals surface area contributed by atoms with Gasteiger partial charge in [-0.15, -0.1) is 10.2 Å². The maximum absolute atomic E-state index is 12.1. The van der Waals surface area contributed by atoms with Crippen molar-refractivity contribution in [3.05, 3.63) is 52.9 Å². The van der Waals surface area contributed by atoms with Crippen LogP contribution in [0.25, 0.3) is 0 Å². The van der Waals surface area contributed by atoms with Gasteiger partial charge >= 0.3 is 5.97 Å². The zero-order valence-corrected chi connectivity index (χ0v) is 13.9. The zero-order valence-electron chi connectivity index (χ0n) is 13.2. The molecule has 6 nitrogen and oxygen atoms in total. The Morgan fingerprint density at radius 2 is 1.88 bits per heavy atom. The fourth-order valence-electron chi connectivity index (χ4n) is 2.10. The molecular formula is C16H18ClFN4O2. The molecule has 0 atom stereocenters. The van der Waals surface area contributed by atoms with Crippen molar-refractivity contribution in [3.8, 4) is 0 Å². The lowest BCUT2D eigenvalue weighted by atomic mass is 10.3. The lowest BCUT2D eigenvalue weighted by molar-refractivity contribution is 0.0689. The Morgan fingerprint density at radius 1 is 1.17 bits per heavy atom. The molecule has 0 bridgehead atoms. The lowest BCUT2D eigenvalue weighted by Crippen LogP contribution is -2.44. The highest BCUT2D eigenvalue weighted by Gasteiger charge is 2.16. The van der Waals surface area contributed by atoms with Crippen LogP contribution in [0.15, 0.2) is 36.4 Å². The van der Waals surface area contributed by atoms with Crippen molar-refractivity contribution in [1.29, 1.82) is 0 Å². The largest absolute Gasteiger partial charge is 0.476 e. The van der Waals surface area contributed by atoms with E-state index in [2.05, 4.69) is 27.0 Å². The monoisotopic (exact) mass is 352 g/mol. The van der Waals surface area contributed by atoms with Gasteiger partial charge in [-0.2, -0.15) is 0 Å². The standard InChI is InChI=1S/C10H14N4O2.C6H4ClF/c1-13-4-6-14(7-5-13)9-3-2-8(10(15)16)11-12-9;7-5-2-1-3-6(8)4-5/h2-3H,4-7H2,1H3,(H,15,16);1-4H. The first kappa shape index (κ1) is 18.1. The van der Waals surface area contributed by atoms with Gasteiger partial charge in [0.15, 0.2) is 11.5 Å². The van der Waals surface area contributed by atoms with Crippen molar-refractivity contribution in [1.82, 2.24) is 15.1 Å². The van der Waals surface area contributed by atoms with Crippen LogP contribution in [0.4, 0.5) is 10.2 Å². The van der Waals surface area contributed by atoms with Gasteiger partial charge in [0, 0.05) is 31.2 Å². The average Bonchev–Trinajstić information content (AvgIpc) is 2.56. The van der Waals surface area contributed by atoms with Crippen LogP contribution in [-0.2, 0) is 0 Å². The normalized spacial score (nSPS) is 14.7. The van der Waals surface area contributed by atoms with Crippen LogP contribution in [-0.4, -0.2) is 59.4 Å². The summed E-state index contributed by atoms with van der Waals surface area (Å²) in [5.74, 6) is -0.590. The minimum atomic E-state index is -1.04. The van der Waals surface area contributed by atoms with Crippen LogP contribution >= 0.6 is 11.6 Å². The first-order valence-electron chi connectivity index (χ1n) is 7.37. The van der Waals surface area contributed by atoms with Gasteiger partial charge < -0.3 is 14.9 Å². The van der Waals surface area contributed by atoms with Crippen LogP contribution in [0.1, 0.15) is 10.5 Å². The predicted molar refractivity (Wildman–Crippen MR) is 90.1 cm³/mol. The Kier molecular flexibility index (Phi) is 6.45. The Bertz CT molecular complexity index is 659. The molecule has 0 spiro atoms. The molecule has 128 valence electrons. The molecule has 1 aliphatic heterocycles. The van der Waals surface area contributed by atoms with E-state index in [1.54, 1.807) is 18.2 Å². The van der Waals surface area contributed by atoms with E-state index in [4.69, 9.17) is 16.7 Å². The van der Waals surface area contributed by atoms with Crippen LogP contribution < -0.4 is 4.90 Å². The molecule has 2 aromatic rings. The van der Waals surface area contributed by atoms with E-state index in [0.717, 1.165) is 32.0 Å². The summed E-state index contributed by atoms with van der Waals surface area (Å²) in [7, 11) is 2.08. The molecule has 0 radical (unpaired) electrons. The second-order valence-electron chi connectivity index (χ2n) is 5.31. The smallest absolute Gasteiger partial charge is 0.356 e. The van der Waals surface area contributed by atoms with Gasteiger partial charge in [0.25, 0.3) is 0 Å². The number of benzene rings is 1. The number of anilines is 1. The summed E-state index contributed by atoms with van der Waals surface area (Å²) in [6.07, 6.45) is 0. The summed E-state index contributed by atoms with van der Waals surface area (Å²) < 4.78 is 12.1. The van der Waals surface area contributed by atoms with Gasteiger partial charge in [0.05, 0.1) is 0 Å². The number of nitrogens with zero attached hydrogens (tertiary/aromatic N) is 4. The highest BCUT2D eigenvalue weighted by molar-refractivity contribution is 6.30. The summed E-state index contributed by atoms with van der Waals surface area (Å²) in [5, 5.41) is 16.7. The van der Waals surface area contributed by atoms with Crippen LogP contribution in [0, 0.1) is 5.82 Å². The Balaban J connectivity index is 0.000000219. The fourth-order valence-corrected chi connectivity index (χ4v) is 2.28. The average molecular weight is 353 g/mol. The van der Waals surface area contributed by atoms with E-state index < -0.39 is 5.97 Å². The molecular weight excluding hydrogens is 335 g/mol. The molecule has 0 aliphatic carbocycles. The lowest BCUT2D eigenvalue weighted by Gasteiger charge is -2.32. The molecule has 1 saturated heterocycles. The van der Waals surface area contributed by atoms with Crippen LogP contribution in [0.3, 0.4) is 0 Å². The summed E-state index contributed by atoms with van der Waals surface area (Å²) in [6.45, 7) is 3.78. The first-order chi connectivity index (χ1) is 11.5. The Hall–Kier alpha value is -2.25. The summed E-state index contributed by atoms with van der Waals surface area (Å²) in [4.78, 5) is 15.0. The molecule has 1 aliphatic rings. The molecule has 3 rings (SSSR count). The second-order valence-corrected chi connectivity index (χ2v) is 5.75. The van der Waals surface area contributed by atoms with E-state index in [0.29, 0.717) is 5.02 Å². The van der Waals surface area contributed by atoms with E-state index in [1.165, 1.54) is 18.2 Å². The SMILES string of the molecule is CN1CCN(c2ccc(C(=O)O)nn2)CC1.Fc1cccc(Cl)c1. The van der Waals surface area contributed by atoms with Crippen LogP contribution in [0.5, 0.6) is 0 Å². The van der Waals surface area contributed by atoms with Crippen molar-refractivity contribution in [2.75, 3.05) is 38.1 Å². The number of aromatic nitrogens is 2. The quantitative estimate of drug-likeness (QED) is 0.895. The van der Waals surface area contributed by atoms with Gasteiger partial charge in [-0.05, 0) is 37.4 Å². The second kappa shape index (κ2) is 8.56.